The van der Waals surface area contributed by atoms with Crippen LogP contribution >= 0.6 is 15.6 Å². The number of ketones is 1. The summed E-state index contributed by atoms with van der Waals surface area (Å²) in [4.78, 5) is 42.2. The van der Waals surface area contributed by atoms with Gasteiger partial charge in [0.2, 0.25) is 0 Å². The molecule has 0 aliphatic rings. The van der Waals surface area contributed by atoms with Gasteiger partial charge in [-0.05, 0) is 19.8 Å². The highest BCUT2D eigenvalue weighted by atomic mass is 31.2. The second-order valence-electron chi connectivity index (χ2n) is 8.70. The molecule has 1 amide bonds. The number of nitrogens with one attached hydrogen (secondary N) is 1. The molecular formula is C23H44N4O13P2. The summed E-state index contributed by atoms with van der Waals surface area (Å²) in [6.07, 6.45) is 5.79. The van der Waals surface area contributed by atoms with Gasteiger partial charge in [-0.3, -0.25) is 27.6 Å². The van der Waals surface area contributed by atoms with E-state index in [2.05, 4.69) is 24.7 Å². The number of ether oxygens (including phenoxy) is 3. The summed E-state index contributed by atoms with van der Waals surface area (Å²) in [7, 11) is -7.12. The van der Waals surface area contributed by atoms with Gasteiger partial charge in [-0.1, -0.05) is 24.5 Å². The first-order valence-corrected chi connectivity index (χ1v) is 16.7. The third kappa shape index (κ3) is 21.0. The van der Waals surface area contributed by atoms with E-state index in [-0.39, 0.29) is 65.2 Å². The molecule has 1 heterocycles. The predicted molar refractivity (Wildman–Crippen MR) is 147 cm³/mol. The van der Waals surface area contributed by atoms with Crippen LogP contribution in [0.25, 0.3) is 0 Å². The molecule has 0 aliphatic carbocycles. The Morgan fingerprint density at radius 2 is 1.45 bits per heavy atom. The Morgan fingerprint density at radius 3 is 2.12 bits per heavy atom. The van der Waals surface area contributed by atoms with Crippen molar-refractivity contribution in [1.29, 1.82) is 0 Å². The number of aryl methyl sites for hydroxylation is 1. The highest BCUT2D eigenvalue weighted by molar-refractivity contribution is 7.47. The molecule has 0 spiro atoms. The minimum atomic E-state index is -4.17. The van der Waals surface area contributed by atoms with Crippen molar-refractivity contribution >= 4 is 27.5 Å². The van der Waals surface area contributed by atoms with E-state index in [9.17, 15) is 23.6 Å². The van der Waals surface area contributed by atoms with Gasteiger partial charge < -0.3 is 29.3 Å². The zero-order valence-corrected chi connectivity index (χ0v) is 26.0. The van der Waals surface area contributed by atoms with Gasteiger partial charge in [0.1, 0.15) is 11.5 Å². The van der Waals surface area contributed by atoms with Crippen molar-refractivity contribution < 1.29 is 60.8 Å². The van der Waals surface area contributed by atoms with Crippen LogP contribution in [0.1, 0.15) is 57.6 Å². The second-order valence-corrected chi connectivity index (χ2v) is 11.7. The Hall–Kier alpha value is -1.78. The fourth-order valence-electron chi connectivity index (χ4n) is 3.21. The molecule has 1 aromatic rings. The molecule has 0 radical (unpaired) electrons. The summed E-state index contributed by atoms with van der Waals surface area (Å²) < 4.78 is 58.2. The molecule has 0 saturated heterocycles. The third-order valence-corrected chi connectivity index (χ3v) is 7.30. The monoisotopic (exact) mass is 646 g/mol. The minimum Gasteiger partial charge on any atom is -0.450 e. The molecule has 3 N–H and O–H groups in total. The van der Waals surface area contributed by atoms with Crippen molar-refractivity contribution in [2.75, 3.05) is 60.0 Å². The van der Waals surface area contributed by atoms with Gasteiger partial charge in [0.15, 0.2) is 0 Å². The van der Waals surface area contributed by atoms with Crippen molar-refractivity contribution in [2.45, 2.75) is 65.0 Å². The summed E-state index contributed by atoms with van der Waals surface area (Å²) in [5.41, 5.74) is 0.572. The van der Waals surface area contributed by atoms with Crippen LogP contribution < -0.4 is 5.32 Å². The quantitative estimate of drug-likeness (QED) is 0.0925. The molecule has 1 aromatic heterocycles. The number of alkyl carbamates (subject to hydrolysis) is 1. The van der Waals surface area contributed by atoms with Crippen LogP contribution in [0, 0.1) is 0 Å². The molecule has 0 saturated carbocycles. The maximum atomic E-state index is 12.1. The highest BCUT2D eigenvalue weighted by Gasteiger charge is 2.20. The summed E-state index contributed by atoms with van der Waals surface area (Å²) in [6.45, 7) is 2.91. The number of carbonyl (C=O) groups is 2. The Bertz CT molecular complexity index is 982. The van der Waals surface area contributed by atoms with Crippen LogP contribution in [-0.2, 0) is 59.3 Å². The third-order valence-electron chi connectivity index (χ3n) is 5.32. The zero-order valence-electron chi connectivity index (χ0n) is 24.2. The summed E-state index contributed by atoms with van der Waals surface area (Å²) >= 11 is 0. The first-order valence-electron chi connectivity index (χ1n) is 13.7. The van der Waals surface area contributed by atoms with Gasteiger partial charge in [0.25, 0.3) is 0 Å². The number of phosphoric ester groups is 2. The fraction of sp³-hybridized carbons (Fsp3) is 0.826. The Morgan fingerprint density at radius 1 is 0.857 bits per heavy atom. The SMILES string of the molecule is CCOC(=O)NCc1cn(CCC(=O)CCCCCCCOP(=O)(O)OCCOCCOCCOP(=O)(O)OC)nn1. The summed E-state index contributed by atoms with van der Waals surface area (Å²) in [6, 6.07) is 0. The number of hydrogen-bond donors (Lipinski definition) is 3. The molecule has 17 nitrogen and oxygen atoms in total. The van der Waals surface area contributed by atoms with Gasteiger partial charge >= 0.3 is 21.7 Å². The number of unbranched alkanes of at least 4 members (excludes halogenated alkanes) is 4. The number of nitrogens with zero attached hydrogens (tertiary/aromatic N) is 3. The average molecular weight is 647 g/mol. The molecule has 19 heteroatoms. The second kappa shape index (κ2) is 22.7. The lowest BCUT2D eigenvalue weighted by atomic mass is 10.1. The van der Waals surface area contributed by atoms with Gasteiger partial charge in [-0.15, -0.1) is 5.10 Å². The van der Waals surface area contributed by atoms with Gasteiger partial charge in [-0.2, -0.15) is 0 Å². The lowest BCUT2D eigenvalue weighted by Gasteiger charge is -2.12. The molecule has 2 unspecified atom stereocenters. The van der Waals surface area contributed by atoms with Crippen LogP contribution in [0.3, 0.4) is 0 Å². The first kappa shape index (κ1) is 38.2. The van der Waals surface area contributed by atoms with E-state index in [0.29, 0.717) is 31.5 Å². The predicted octanol–water partition coefficient (Wildman–Crippen LogP) is 2.75. The van der Waals surface area contributed by atoms with Gasteiger partial charge in [0.05, 0.1) is 65.6 Å². The lowest BCUT2D eigenvalue weighted by molar-refractivity contribution is -0.119. The number of hydrogen-bond acceptors (Lipinski definition) is 13. The molecule has 0 aromatic carbocycles. The van der Waals surface area contributed by atoms with E-state index in [1.165, 1.54) is 0 Å². The number of amides is 1. The van der Waals surface area contributed by atoms with Gasteiger partial charge in [-0.25, -0.2) is 13.9 Å². The number of Topliss-reactive ketones (excluding diaryl/α,β-unsaturated/α-hetero) is 1. The Labute approximate surface area is 245 Å². The first-order chi connectivity index (χ1) is 20.1. The van der Waals surface area contributed by atoms with E-state index >= 15 is 0 Å². The molecular weight excluding hydrogens is 602 g/mol. The van der Waals surface area contributed by atoms with Crippen LogP contribution in [0.2, 0.25) is 0 Å². The smallest absolute Gasteiger partial charge is 0.450 e. The summed E-state index contributed by atoms with van der Waals surface area (Å²) in [5, 5.41) is 10.5. The summed E-state index contributed by atoms with van der Waals surface area (Å²) in [5.74, 6) is 0.127. The number of rotatable bonds is 27. The van der Waals surface area contributed by atoms with Crippen molar-refractivity contribution in [1.82, 2.24) is 20.3 Å². The maximum absolute atomic E-state index is 12.1. The van der Waals surface area contributed by atoms with Crippen LogP contribution in [0.15, 0.2) is 6.20 Å². The van der Waals surface area contributed by atoms with Crippen molar-refractivity contribution in [3.8, 4) is 0 Å². The highest BCUT2D eigenvalue weighted by Crippen LogP contribution is 2.43. The van der Waals surface area contributed by atoms with E-state index in [0.717, 1.165) is 32.8 Å². The fourth-order valence-corrected chi connectivity index (χ4v) is 4.36. The molecule has 42 heavy (non-hydrogen) atoms. The van der Waals surface area contributed by atoms with Crippen molar-refractivity contribution in [3.63, 3.8) is 0 Å². The zero-order chi connectivity index (χ0) is 31.1. The van der Waals surface area contributed by atoms with Crippen LogP contribution in [-0.4, -0.2) is 96.6 Å². The standard InChI is InChI=1S/C23H44N4O13P2/c1-3-37-23(29)24-19-21-20-27(26-25-21)11-10-22(28)9-7-5-4-6-8-12-38-42(32,33)40-18-16-36-14-13-35-15-17-39-41(30,31)34-2/h20H,3-19H2,1-2H3,(H,24,29)(H,30,31)(H,32,33). The number of phosphoric acid groups is 2. The van der Waals surface area contributed by atoms with Crippen molar-refractivity contribution in [2.24, 2.45) is 0 Å². The average Bonchev–Trinajstić information content (AvgIpc) is 3.41. The minimum absolute atomic E-state index is 0.0521. The topological polar surface area (TPSA) is 216 Å². The van der Waals surface area contributed by atoms with E-state index in [1.54, 1.807) is 17.8 Å². The Kier molecular flexibility index (Phi) is 20.7. The molecule has 1 rings (SSSR count). The molecule has 0 bridgehead atoms. The normalized spacial score (nSPS) is 14.3. The Balaban J connectivity index is 1.95. The molecule has 0 aliphatic heterocycles. The van der Waals surface area contributed by atoms with Crippen LogP contribution in [0.5, 0.6) is 0 Å². The lowest BCUT2D eigenvalue weighted by Crippen LogP contribution is -2.23. The number of carbonyl (C=O) groups excluding carboxylic acids is 2. The molecule has 0 fully saturated rings. The van der Waals surface area contributed by atoms with E-state index < -0.39 is 21.7 Å². The number of aromatic nitrogens is 3. The van der Waals surface area contributed by atoms with Crippen LogP contribution in [0.4, 0.5) is 4.79 Å². The van der Waals surface area contributed by atoms with Gasteiger partial charge in [0, 0.05) is 26.5 Å². The van der Waals surface area contributed by atoms with E-state index in [1.807, 2.05) is 0 Å². The molecule has 244 valence electrons. The maximum Gasteiger partial charge on any atom is 0.472 e. The largest absolute Gasteiger partial charge is 0.472 e. The van der Waals surface area contributed by atoms with E-state index in [4.69, 9.17) is 28.2 Å². The van der Waals surface area contributed by atoms with Crippen molar-refractivity contribution in [3.05, 3.63) is 11.9 Å². The molecule has 2 atom stereocenters.